The number of hydrogen-bond acceptors (Lipinski definition) is 2. The van der Waals surface area contributed by atoms with E-state index in [0.29, 0.717) is 23.4 Å². The first-order chi connectivity index (χ1) is 12.0. The van der Waals surface area contributed by atoms with Gasteiger partial charge in [-0.25, -0.2) is 13.2 Å². The third-order valence-corrected chi connectivity index (χ3v) is 3.84. The molecular formula is C19H14F3NO2. The monoisotopic (exact) mass is 345 g/mol. The summed E-state index contributed by atoms with van der Waals surface area (Å²) in [6, 6.07) is 11.3. The highest BCUT2D eigenvalue weighted by molar-refractivity contribution is 5.63. The third kappa shape index (κ3) is 3.57. The van der Waals surface area contributed by atoms with Gasteiger partial charge in [0.25, 0.3) is 5.56 Å². The van der Waals surface area contributed by atoms with E-state index in [1.54, 1.807) is 25.3 Å². The Kier molecular flexibility index (Phi) is 4.61. The second-order valence-corrected chi connectivity index (χ2v) is 5.46. The maximum atomic E-state index is 13.8. The molecule has 0 fully saturated rings. The van der Waals surface area contributed by atoms with Crippen LogP contribution in [0.1, 0.15) is 5.56 Å². The van der Waals surface area contributed by atoms with Crippen molar-refractivity contribution in [3.63, 3.8) is 0 Å². The van der Waals surface area contributed by atoms with E-state index < -0.39 is 23.0 Å². The molecule has 0 saturated carbocycles. The molecule has 0 aliphatic heterocycles. The lowest BCUT2D eigenvalue weighted by molar-refractivity contribution is 0.415. The molecule has 25 heavy (non-hydrogen) atoms. The first-order valence-electron chi connectivity index (χ1n) is 7.46. The fourth-order valence-corrected chi connectivity index (χ4v) is 2.50. The van der Waals surface area contributed by atoms with Gasteiger partial charge in [0.15, 0.2) is 0 Å². The van der Waals surface area contributed by atoms with Crippen molar-refractivity contribution in [3.05, 3.63) is 88.1 Å². The Morgan fingerprint density at radius 2 is 1.52 bits per heavy atom. The first-order valence-corrected chi connectivity index (χ1v) is 7.46. The first kappa shape index (κ1) is 16.8. The van der Waals surface area contributed by atoms with E-state index in [-0.39, 0.29) is 12.1 Å². The fourth-order valence-electron chi connectivity index (χ4n) is 2.50. The number of ether oxygens (including phenoxy) is 1. The van der Waals surface area contributed by atoms with Crippen molar-refractivity contribution in [2.45, 2.75) is 6.54 Å². The molecule has 2 aromatic carbocycles. The standard InChI is InChI=1S/C19H14F3NO2/c1-25-15-5-2-12(3-6-15)13-4-7-19(24)23(10-13)11-16-17(21)8-14(20)9-18(16)22/h2-10H,11H2,1H3. The molecule has 1 aromatic heterocycles. The molecule has 0 N–H and O–H groups in total. The summed E-state index contributed by atoms with van der Waals surface area (Å²) in [6.45, 7) is -0.333. The molecule has 0 saturated heterocycles. The largest absolute Gasteiger partial charge is 0.497 e. The maximum Gasteiger partial charge on any atom is 0.250 e. The molecule has 3 aromatic rings. The smallest absolute Gasteiger partial charge is 0.250 e. The van der Waals surface area contributed by atoms with Crippen molar-refractivity contribution >= 4 is 0 Å². The topological polar surface area (TPSA) is 31.2 Å². The van der Waals surface area contributed by atoms with Gasteiger partial charge >= 0.3 is 0 Å². The average molecular weight is 345 g/mol. The molecule has 0 spiro atoms. The van der Waals surface area contributed by atoms with Gasteiger partial charge in [0.2, 0.25) is 0 Å². The lowest BCUT2D eigenvalue weighted by Crippen LogP contribution is -2.20. The number of halogens is 3. The van der Waals surface area contributed by atoms with E-state index in [1.807, 2.05) is 12.1 Å². The molecule has 0 unspecified atom stereocenters. The quantitative estimate of drug-likeness (QED) is 0.716. The highest BCUT2D eigenvalue weighted by atomic mass is 19.1. The van der Waals surface area contributed by atoms with Gasteiger partial charge in [0.1, 0.15) is 23.2 Å². The Bertz CT molecular complexity index is 942. The van der Waals surface area contributed by atoms with Gasteiger partial charge in [-0.2, -0.15) is 0 Å². The second kappa shape index (κ2) is 6.84. The van der Waals surface area contributed by atoms with Crippen molar-refractivity contribution in [1.29, 1.82) is 0 Å². The van der Waals surface area contributed by atoms with Crippen molar-refractivity contribution in [3.8, 4) is 16.9 Å². The zero-order chi connectivity index (χ0) is 18.0. The molecule has 0 aliphatic carbocycles. The number of nitrogens with zero attached hydrogens (tertiary/aromatic N) is 1. The Balaban J connectivity index is 1.99. The lowest BCUT2D eigenvalue weighted by Gasteiger charge is -2.11. The zero-order valence-electron chi connectivity index (χ0n) is 13.3. The summed E-state index contributed by atoms with van der Waals surface area (Å²) in [5, 5.41) is 0. The van der Waals surface area contributed by atoms with Crippen LogP contribution in [0.5, 0.6) is 5.75 Å². The number of benzene rings is 2. The fraction of sp³-hybridized carbons (Fsp3) is 0.105. The summed E-state index contributed by atoms with van der Waals surface area (Å²) in [4.78, 5) is 12.0. The van der Waals surface area contributed by atoms with E-state index >= 15 is 0 Å². The Morgan fingerprint density at radius 1 is 0.920 bits per heavy atom. The number of rotatable bonds is 4. The van der Waals surface area contributed by atoms with Crippen LogP contribution in [0.25, 0.3) is 11.1 Å². The van der Waals surface area contributed by atoms with Gasteiger partial charge in [0, 0.05) is 30.0 Å². The summed E-state index contributed by atoms with van der Waals surface area (Å²) in [5.74, 6) is -2.37. The minimum Gasteiger partial charge on any atom is -0.497 e. The molecule has 0 radical (unpaired) electrons. The van der Waals surface area contributed by atoms with Crippen LogP contribution in [0.15, 0.2) is 59.5 Å². The van der Waals surface area contributed by atoms with Gasteiger partial charge in [-0.3, -0.25) is 4.79 Å². The van der Waals surface area contributed by atoms with Gasteiger partial charge in [0.05, 0.1) is 13.7 Å². The van der Waals surface area contributed by atoms with Gasteiger partial charge in [-0.15, -0.1) is 0 Å². The third-order valence-electron chi connectivity index (χ3n) is 3.84. The van der Waals surface area contributed by atoms with Crippen molar-refractivity contribution < 1.29 is 17.9 Å². The van der Waals surface area contributed by atoms with Crippen LogP contribution in [0.4, 0.5) is 13.2 Å². The van der Waals surface area contributed by atoms with Gasteiger partial charge in [-0.05, 0) is 29.3 Å². The molecule has 1 heterocycles. The molecule has 3 nitrogen and oxygen atoms in total. The van der Waals surface area contributed by atoms with E-state index in [9.17, 15) is 18.0 Å². The lowest BCUT2D eigenvalue weighted by atomic mass is 10.1. The highest BCUT2D eigenvalue weighted by Crippen LogP contribution is 2.22. The van der Waals surface area contributed by atoms with Crippen LogP contribution >= 0.6 is 0 Å². The van der Waals surface area contributed by atoms with Crippen LogP contribution in [0.3, 0.4) is 0 Å². The summed E-state index contributed by atoms with van der Waals surface area (Å²) in [7, 11) is 1.56. The molecule has 0 amide bonds. The highest BCUT2D eigenvalue weighted by Gasteiger charge is 2.13. The molecule has 128 valence electrons. The summed E-state index contributed by atoms with van der Waals surface area (Å²) >= 11 is 0. The van der Waals surface area contributed by atoms with E-state index in [4.69, 9.17) is 4.74 Å². The summed E-state index contributed by atoms with van der Waals surface area (Å²) in [5.41, 5.74) is 0.732. The van der Waals surface area contributed by atoms with Crippen LogP contribution in [0, 0.1) is 17.5 Å². The average Bonchev–Trinajstić information content (AvgIpc) is 2.59. The minimum atomic E-state index is -1.03. The second-order valence-electron chi connectivity index (χ2n) is 5.46. The van der Waals surface area contributed by atoms with Gasteiger partial charge in [-0.1, -0.05) is 12.1 Å². The molecule has 0 bridgehead atoms. The zero-order valence-corrected chi connectivity index (χ0v) is 13.3. The van der Waals surface area contributed by atoms with Crippen molar-refractivity contribution in [2.24, 2.45) is 0 Å². The van der Waals surface area contributed by atoms with Gasteiger partial charge < -0.3 is 9.30 Å². The number of methoxy groups -OCH3 is 1. The van der Waals surface area contributed by atoms with E-state index in [1.165, 1.54) is 16.8 Å². The molecule has 0 aliphatic rings. The Hall–Kier alpha value is -3.02. The SMILES string of the molecule is COc1ccc(-c2ccc(=O)n(Cc3c(F)cc(F)cc3F)c2)cc1. The Morgan fingerprint density at radius 3 is 2.12 bits per heavy atom. The normalized spacial score (nSPS) is 10.7. The summed E-state index contributed by atoms with van der Waals surface area (Å²) in [6.07, 6.45) is 1.51. The van der Waals surface area contributed by atoms with E-state index in [0.717, 1.165) is 5.56 Å². The van der Waals surface area contributed by atoms with Crippen LogP contribution in [0.2, 0.25) is 0 Å². The number of aromatic nitrogens is 1. The molecule has 3 rings (SSSR count). The predicted molar refractivity (Wildman–Crippen MR) is 88.1 cm³/mol. The predicted octanol–water partition coefficient (Wildman–Crippen LogP) is 3.99. The molecule has 6 heteroatoms. The minimum absolute atomic E-state index is 0.333. The number of pyridine rings is 1. The Labute approximate surface area is 141 Å². The van der Waals surface area contributed by atoms with Crippen LogP contribution in [-0.2, 0) is 6.54 Å². The molecule has 0 atom stereocenters. The molecular weight excluding hydrogens is 331 g/mol. The maximum absolute atomic E-state index is 13.8. The van der Waals surface area contributed by atoms with Crippen LogP contribution < -0.4 is 10.3 Å². The summed E-state index contributed by atoms with van der Waals surface area (Å²) < 4.78 is 46.9. The van der Waals surface area contributed by atoms with Crippen LogP contribution in [-0.4, -0.2) is 11.7 Å². The van der Waals surface area contributed by atoms with Crippen molar-refractivity contribution in [2.75, 3.05) is 7.11 Å². The van der Waals surface area contributed by atoms with Crippen molar-refractivity contribution in [1.82, 2.24) is 4.57 Å². The number of hydrogen-bond donors (Lipinski definition) is 0. The van der Waals surface area contributed by atoms with E-state index in [2.05, 4.69) is 0 Å².